The summed E-state index contributed by atoms with van der Waals surface area (Å²) in [6, 6.07) is 18.8. The fourth-order valence-electron chi connectivity index (χ4n) is 3.50. The number of aromatic nitrogens is 3. The van der Waals surface area contributed by atoms with E-state index in [1.54, 1.807) is 23.5 Å². The van der Waals surface area contributed by atoms with E-state index in [2.05, 4.69) is 16.0 Å². The van der Waals surface area contributed by atoms with Crippen molar-refractivity contribution in [2.75, 3.05) is 0 Å². The van der Waals surface area contributed by atoms with Gasteiger partial charge in [0.2, 0.25) is 5.56 Å². The van der Waals surface area contributed by atoms with Crippen LogP contribution in [0.5, 0.6) is 0 Å². The van der Waals surface area contributed by atoms with Crippen molar-refractivity contribution in [1.82, 2.24) is 15.0 Å². The van der Waals surface area contributed by atoms with Gasteiger partial charge in [0.05, 0.1) is 22.2 Å². The van der Waals surface area contributed by atoms with Crippen LogP contribution in [-0.4, -0.2) is 15.0 Å². The Morgan fingerprint density at radius 3 is 2.70 bits per heavy atom. The molecular formula is C23H13ClN4OS. The summed E-state index contributed by atoms with van der Waals surface area (Å²) in [4.78, 5) is 24.7. The van der Waals surface area contributed by atoms with Gasteiger partial charge in [-0.05, 0) is 66.4 Å². The minimum Gasteiger partial charge on any atom is -0.307 e. The molecule has 0 spiro atoms. The van der Waals surface area contributed by atoms with Crippen molar-refractivity contribution in [2.45, 2.75) is 6.92 Å². The molecule has 4 heterocycles. The van der Waals surface area contributed by atoms with E-state index in [9.17, 15) is 10.1 Å². The molecule has 0 aliphatic rings. The SMILES string of the molecule is Cc1cc(-c2cc3ccc(=O)[nH]c3nc2-c2cc3cc(C#N)ccc3s2)cc(Cl)n1. The van der Waals surface area contributed by atoms with Crippen molar-refractivity contribution >= 4 is 44.1 Å². The Morgan fingerprint density at radius 1 is 1.03 bits per heavy atom. The molecule has 0 saturated heterocycles. The minimum atomic E-state index is -0.202. The first kappa shape index (κ1) is 18.5. The molecule has 1 aromatic carbocycles. The van der Waals surface area contributed by atoms with Crippen LogP contribution in [0.25, 0.3) is 42.8 Å². The van der Waals surface area contributed by atoms with Crippen molar-refractivity contribution in [3.63, 3.8) is 0 Å². The number of rotatable bonds is 2. The molecular weight excluding hydrogens is 416 g/mol. The third-order valence-corrected chi connectivity index (χ3v) is 6.14. The van der Waals surface area contributed by atoms with E-state index in [4.69, 9.17) is 16.6 Å². The third kappa shape index (κ3) is 3.24. The molecule has 0 bridgehead atoms. The molecule has 5 nitrogen and oxygen atoms in total. The number of pyridine rings is 3. The predicted molar refractivity (Wildman–Crippen MR) is 121 cm³/mol. The fourth-order valence-corrected chi connectivity index (χ4v) is 4.80. The number of aromatic amines is 1. The molecule has 0 amide bonds. The number of thiophene rings is 1. The molecule has 7 heteroatoms. The van der Waals surface area contributed by atoms with Crippen molar-refractivity contribution in [3.8, 4) is 27.8 Å². The topological polar surface area (TPSA) is 82.4 Å². The largest absolute Gasteiger partial charge is 0.307 e. The van der Waals surface area contributed by atoms with E-state index in [0.717, 1.165) is 42.9 Å². The number of nitrogens with one attached hydrogen (secondary N) is 1. The van der Waals surface area contributed by atoms with E-state index in [0.29, 0.717) is 16.4 Å². The van der Waals surface area contributed by atoms with Crippen LogP contribution in [0.2, 0.25) is 5.15 Å². The number of H-pyrrole nitrogens is 1. The molecule has 144 valence electrons. The van der Waals surface area contributed by atoms with Crippen molar-refractivity contribution in [1.29, 1.82) is 5.26 Å². The highest BCUT2D eigenvalue weighted by Gasteiger charge is 2.16. The second kappa shape index (κ2) is 7.06. The number of aryl methyl sites for hydroxylation is 1. The number of nitrogens with zero attached hydrogens (tertiary/aromatic N) is 3. The summed E-state index contributed by atoms with van der Waals surface area (Å²) in [5.74, 6) is 0. The van der Waals surface area contributed by atoms with Gasteiger partial charge in [-0.15, -0.1) is 11.3 Å². The Bertz CT molecular complexity index is 1540. The first-order valence-electron chi connectivity index (χ1n) is 9.13. The first-order chi connectivity index (χ1) is 14.5. The molecule has 0 saturated carbocycles. The van der Waals surface area contributed by atoms with Gasteiger partial charge in [0.15, 0.2) is 0 Å². The Kier molecular flexibility index (Phi) is 4.35. The molecule has 0 aliphatic heterocycles. The molecule has 0 atom stereocenters. The quantitative estimate of drug-likeness (QED) is 0.365. The van der Waals surface area contributed by atoms with Gasteiger partial charge < -0.3 is 4.98 Å². The molecule has 5 aromatic rings. The van der Waals surface area contributed by atoms with Crippen LogP contribution in [0.4, 0.5) is 0 Å². The number of halogens is 1. The number of hydrogen-bond acceptors (Lipinski definition) is 5. The van der Waals surface area contributed by atoms with Crippen LogP contribution in [0, 0.1) is 18.3 Å². The molecule has 1 N–H and O–H groups in total. The van der Waals surface area contributed by atoms with Crippen LogP contribution < -0.4 is 5.56 Å². The van der Waals surface area contributed by atoms with Crippen molar-refractivity contribution in [3.05, 3.63) is 81.4 Å². The van der Waals surface area contributed by atoms with Gasteiger partial charge in [0.1, 0.15) is 10.8 Å². The second-order valence-corrected chi connectivity index (χ2v) is 8.41. The van der Waals surface area contributed by atoms with Gasteiger partial charge in [0.25, 0.3) is 0 Å². The van der Waals surface area contributed by atoms with Crippen molar-refractivity contribution < 1.29 is 0 Å². The highest BCUT2D eigenvalue weighted by molar-refractivity contribution is 7.22. The zero-order valence-electron chi connectivity index (χ0n) is 15.7. The van der Waals surface area contributed by atoms with Gasteiger partial charge in [0, 0.05) is 27.4 Å². The van der Waals surface area contributed by atoms with E-state index >= 15 is 0 Å². The van der Waals surface area contributed by atoms with Crippen LogP contribution in [0.3, 0.4) is 0 Å². The lowest BCUT2D eigenvalue weighted by Gasteiger charge is -2.11. The van der Waals surface area contributed by atoms with Gasteiger partial charge in [-0.3, -0.25) is 4.79 Å². The third-order valence-electron chi connectivity index (χ3n) is 4.82. The van der Waals surface area contributed by atoms with Crippen LogP contribution in [-0.2, 0) is 0 Å². The van der Waals surface area contributed by atoms with Crippen LogP contribution in [0.15, 0.2) is 59.4 Å². The number of fused-ring (bicyclic) bond motifs is 2. The summed E-state index contributed by atoms with van der Waals surface area (Å²) >= 11 is 7.81. The van der Waals surface area contributed by atoms with Crippen molar-refractivity contribution in [2.24, 2.45) is 0 Å². The van der Waals surface area contributed by atoms with Gasteiger partial charge >= 0.3 is 0 Å². The summed E-state index contributed by atoms with van der Waals surface area (Å²) in [6.45, 7) is 1.89. The average Bonchev–Trinajstić information content (AvgIpc) is 3.15. The van der Waals surface area contributed by atoms with E-state index in [1.165, 1.54) is 6.07 Å². The molecule has 4 aromatic heterocycles. The Balaban J connectivity index is 1.83. The highest BCUT2D eigenvalue weighted by atomic mass is 35.5. The summed E-state index contributed by atoms with van der Waals surface area (Å²) in [6.07, 6.45) is 0. The summed E-state index contributed by atoms with van der Waals surface area (Å²) < 4.78 is 1.06. The number of nitriles is 1. The summed E-state index contributed by atoms with van der Waals surface area (Å²) in [5.41, 5.74) is 4.28. The smallest absolute Gasteiger partial charge is 0.249 e. The van der Waals surface area contributed by atoms with Gasteiger partial charge in [-0.25, -0.2) is 9.97 Å². The van der Waals surface area contributed by atoms with E-state index in [1.807, 2.05) is 43.3 Å². The maximum Gasteiger partial charge on any atom is 0.249 e. The molecule has 5 rings (SSSR count). The van der Waals surface area contributed by atoms with E-state index < -0.39 is 0 Å². The van der Waals surface area contributed by atoms with Gasteiger partial charge in [-0.1, -0.05) is 11.6 Å². The molecule has 0 radical (unpaired) electrons. The van der Waals surface area contributed by atoms with Crippen LogP contribution >= 0.6 is 22.9 Å². The summed E-state index contributed by atoms with van der Waals surface area (Å²) in [7, 11) is 0. The second-order valence-electron chi connectivity index (χ2n) is 6.94. The normalized spacial score (nSPS) is 11.1. The lowest BCUT2D eigenvalue weighted by molar-refractivity contribution is 1.20. The lowest BCUT2D eigenvalue weighted by Crippen LogP contribution is -2.04. The first-order valence-corrected chi connectivity index (χ1v) is 10.3. The fraction of sp³-hybridized carbons (Fsp3) is 0.0435. The highest BCUT2D eigenvalue weighted by Crippen LogP contribution is 2.39. The monoisotopic (exact) mass is 428 g/mol. The lowest BCUT2D eigenvalue weighted by atomic mass is 10.0. The maximum atomic E-state index is 11.8. The summed E-state index contributed by atoms with van der Waals surface area (Å²) in [5, 5.41) is 11.4. The maximum absolute atomic E-state index is 11.8. The predicted octanol–water partition coefficient (Wildman–Crippen LogP) is 5.70. The standard InChI is InChI=1S/C23H13ClN4OS/c1-12-6-15(10-20(24)26-12)17-8-14-3-5-21(29)27-23(14)28-22(17)19-9-16-7-13(11-25)2-4-18(16)30-19/h2-10H,1H3,(H,27,28,29). The molecule has 0 aliphatic carbocycles. The zero-order chi connectivity index (χ0) is 20.8. The van der Waals surface area contributed by atoms with Gasteiger partial charge in [-0.2, -0.15) is 5.26 Å². The molecule has 0 fully saturated rings. The Labute approximate surface area is 180 Å². The Morgan fingerprint density at radius 2 is 1.90 bits per heavy atom. The number of benzene rings is 1. The zero-order valence-corrected chi connectivity index (χ0v) is 17.3. The Hall–Kier alpha value is -3.53. The van der Waals surface area contributed by atoms with Crippen LogP contribution in [0.1, 0.15) is 11.3 Å². The minimum absolute atomic E-state index is 0.202. The van der Waals surface area contributed by atoms with E-state index in [-0.39, 0.29) is 5.56 Å². The number of hydrogen-bond donors (Lipinski definition) is 1. The molecule has 0 unspecified atom stereocenters. The molecule has 30 heavy (non-hydrogen) atoms. The average molecular weight is 429 g/mol.